The average Bonchev–Trinajstić information content (AvgIpc) is 2.53. The molecule has 4 heteroatoms. The quantitative estimate of drug-likeness (QED) is 0.551. The number of hydrogen-bond acceptors (Lipinski definition) is 4. The molecule has 0 saturated heterocycles. The highest BCUT2D eigenvalue weighted by molar-refractivity contribution is 5.14. The summed E-state index contributed by atoms with van der Waals surface area (Å²) >= 11 is 0. The Morgan fingerprint density at radius 1 is 1.00 bits per heavy atom. The monoisotopic (exact) mass is 309 g/mol. The molecular weight excluding hydrogens is 278 g/mol. The molecule has 0 amide bonds. The van der Waals surface area contributed by atoms with Gasteiger partial charge < -0.3 is 20.2 Å². The number of rotatable bonds is 12. The van der Waals surface area contributed by atoms with Crippen LogP contribution >= 0.6 is 0 Å². The van der Waals surface area contributed by atoms with E-state index in [0.29, 0.717) is 6.54 Å². The molecule has 3 N–H and O–H groups in total. The summed E-state index contributed by atoms with van der Waals surface area (Å²) < 4.78 is 0. The Bertz CT molecular complexity index is 372. The van der Waals surface area contributed by atoms with Crippen molar-refractivity contribution in [3.63, 3.8) is 0 Å². The van der Waals surface area contributed by atoms with Crippen molar-refractivity contribution in [3.8, 4) is 0 Å². The highest BCUT2D eigenvalue weighted by Crippen LogP contribution is 2.07. The van der Waals surface area contributed by atoms with Gasteiger partial charge in [-0.15, -0.1) is 0 Å². The van der Waals surface area contributed by atoms with Gasteiger partial charge in [-0.2, -0.15) is 0 Å². The van der Waals surface area contributed by atoms with Gasteiger partial charge in [-0.25, -0.2) is 0 Å². The van der Waals surface area contributed by atoms with Crippen molar-refractivity contribution in [1.82, 2.24) is 4.90 Å². The second-order valence-corrected chi connectivity index (χ2v) is 5.89. The van der Waals surface area contributed by atoms with Crippen LogP contribution in [0, 0.1) is 0 Å². The molecule has 0 saturated carbocycles. The fourth-order valence-electron chi connectivity index (χ4n) is 2.54. The van der Waals surface area contributed by atoms with E-state index in [9.17, 15) is 10.2 Å². The normalized spacial score (nSPS) is 14.2. The van der Waals surface area contributed by atoms with E-state index >= 15 is 0 Å². The van der Waals surface area contributed by atoms with Crippen LogP contribution in [-0.4, -0.2) is 58.7 Å². The van der Waals surface area contributed by atoms with Gasteiger partial charge in [0.05, 0.1) is 12.2 Å². The minimum atomic E-state index is -0.844. The van der Waals surface area contributed by atoms with Gasteiger partial charge in [-0.3, -0.25) is 0 Å². The van der Waals surface area contributed by atoms with E-state index in [1.54, 1.807) is 0 Å². The number of aliphatic hydroxyl groups is 3. The standard InChI is InChI=1S/C18H31NO3/c1-2-3-12-19(15-18(22)17(21)11-14-20)13-7-10-16-8-5-4-6-9-16/h4-6,8-9,17-18,20-22H,2-3,7,10-15H2,1H3/t17-,18-/m0/s1. The Kier molecular flexibility index (Phi) is 10.1. The molecule has 1 aromatic carbocycles. The van der Waals surface area contributed by atoms with Crippen LogP contribution in [0.1, 0.15) is 38.2 Å². The van der Waals surface area contributed by atoms with E-state index in [-0.39, 0.29) is 13.0 Å². The summed E-state index contributed by atoms with van der Waals surface area (Å²) in [6, 6.07) is 10.4. The zero-order chi connectivity index (χ0) is 16.2. The summed E-state index contributed by atoms with van der Waals surface area (Å²) in [5.41, 5.74) is 1.33. The minimum Gasteiger partial charge on any atom is -0.396 e. The van der Waals surface area contributed by atoms with Crippen molar-refractivity contribution < 1.29 is 15.3 Å². The highest BCUT2D eigenvalue weighted by atomic mass is 16.3. The molecule has 4 nitrogen and oxygen atoms in total. The molecule has 0 aliphatic heterocycles. The third-order valence-electron chi connectivity index (χ3n) is 3.92. The van der Waals surface area contributed by atoms with E-state index in [2.05, 4.69) is 36.1 Å². The molecule has 0 spiro atoms. The summed E-state index contributed by atoms with van der Waals surface area (Å²) in [5.74, 6) is 0. The van der Waals surface area contributed by atoms with Crippen LogP contribution in [0.5, 0.6) is 0 Å². The lowest BCUT2D eigenvalue weighted by atomic mass is 10.1. The zero-order valence-electron chi connectivity index (χ0n) is 13.7. The molecule has 0 unspecified atom stereocenters. The molecular formula is C18H31NO3. The van der Waals surface area contributed by atoms with Crippen molar-refractivity contribution >= 4 is 0 Å². The van der Waals surface area contributed by atoms with E-state index in [1.807, 2.05) is 6.07 Å². The van der Waals surface area contributed by atoms with Gasteiger partial charge in [-0.05, 0) is 44.3 Å². The van der Waals surface area contributed by atoms with Crippen LogP contribution in [0.15, 0.2) is 30.3 Å². The smallest absolute Gasteiger partial charge is 0.0926 e. The van der Waals surface area contributed by atoms with Gasteiger partial charge in [0.2, 0.25) is 0 Å². The van der Waals surface area contributed by atoms with Crippen LogP contribution in [-0.2, 0) is 6.42 Å². The SMILES string of the molecule is CCCCN(CCCc1ccccc1)C[C@H](O)[C@@H](O)CCO. The first-order chi connectivity index (χ1) is 10.7. The van der Waals surface area contributed by atoms with Crippen LogP contribution < -0.4 is 0 Å². The van der Waals surface area contributed by atoms with Crippen LogP contribution in [0.4, 0.5) is 0 Å². The summed E-state index contributed by atoms with van der Waals surface area (Å²) in [6.45, 7) is 4.38. The van der Waals surface area contributed by atoms with Crippen molar-refractivity contribution in [3.05, 3.63) is 35.9 Å². The molecule has 1 rings (SSSR count). The second-order valence-electron chi connectivity index (χ2n) is 5.89. The first kappa shape index (κ1) is 19.1. The second kappa shape index (κ2) is 11.6. The average molecular weight is 309 g/mol. The summed E-state index contributed by atoms with van der Waals surface area (Å²) in [5, 5.41) is 28.6. The van der Waals surface area contributed by atoms with Gasteiger partial charge in [0.15, 0.2) is 0 Å². The topological polar surface area (TPSA) is 63.9 Å². The van der Waals surface area contributed by atoms with Gasteiger partial charge >= 0.3 is 0 Å². The predicted molar refractivity (Wildman–Crippen MR) is 89.8 cm³/mol. The third-order valence-corrected chi connectivity index (χ3v) is 3.92. The summed E-state index contributed by atoms with van der Waals surface area (Å²) in [7, 11) is 0. The Morgan fingerprint density at radius 2 is 1.68 bits per heavy atom. The summed E-state index contributed by atoms with van der Waals surface area (Å²) in [6.07, 6.45) is 2.87. The Balaban J connectivity index is 2.39. The van der Waals surface area contributed by atoms with E-state index < -0.39 is 12.2 Å². The Labute approximate surface area is 134 Å². The maximum absolute atomic E-state index is 10.0. The number of hydrogen-bond donors (Lipinski definition) is 3. The molecule has 0 radical (unpaired) electrons. The van der Waals surface area contributed by atoms with Crippen LogP contribution in [0.2, 0.25) is 0 Å². The first-order valence-corrected chi connectivity index (χ1v) is 8.40. The molecule has 0 heterocycles. The van der Waals surface area contributed by atoms with Gasteiger partial charge in [0.25, 0.3) is 0 Å². The highest BCUT2D eigenvalue weighted by Gasteiger charge is 2.18. The molecule has 22 heavy (non-hydrogen) atoms. The molecule has 2 atom stereocenters. The van der Waals surface area contributed by atoms with Gasteiger partial charge in [-0.1, -0.05) is 43.7 Å². The van der Waals surface area contributed by atoms with E-state index in [1.165, 1.54) is 5.56 Å². The van der Waals surface area contributed by atoms with Crippen molar-refractivity contribution in [1.29, 1.82) is 0 Å². The van der Waals surface area contributed by atoms with Gasteiger partial charge in [0, 0.05) is 13.2 Å². The fraction of sp³-hybridized carbons (Fsp3) is 0.667. The van der Waals surface area contributed by atoms with Crippen LogP contribution in [0.3, 0.4) is 0 Å². The maximum Gasteiger partial charge on any atom is 0.0926 e. The largest absolute Gasteiger partial charge is 0.396 e. The zero-order valence-corrected chi connectivity index (χ0v) is 13.7. The van der Waals surface area contributed by atoms with Crippen molar-refractivity contribution in [2.45, 2.75) is 51.2 Å². The number of nitrogens with zero attached hydrogens (tertiary/aromatic N) is 1. The number of unbranched alkanes of at least 4 members (excludes halogenated alkanes) is 1. The first-order valence-electron chi connectivity index (χ1n) is 8.40. The molecule has 0 aromatic heterocycles. The summed E-state index contributed by atoms with van der Waals surface area (Å²) in [4.78, 5) is 2.22. The fourth-order valence-corrected chi connectivity index (χ4v) is 2.54. The van der Waals surface area contributed by atoms with E-state index in [0.717, 1.165) is 38.8 Å². The lowest BCUT2D eigenvalue weighted by molar-refractivity contribution is -0.0137. The molecule has 0 fully saturated rings. The van der Waals surface area contributed by atoms with E-state index in [4.69, 9.17) is 5.11 Å². The maximum atomic E-state index is 10.0. The molecule has 0 bridgehead atoms. The third kappa shape index (κ3) is 7.90. The molecule has 1 aromatic rings. The number of aliphatic hydroxyl groups excluding tert-OH is 3. The van der Waals surface area contributed by atoms with Crippen LogP contribution in [0.25, 0.3) is 0 Å². The number of benzene rings is 1. The predicted octanol–water partition coefficient (Wildman–Crippen LogP) is 1.83. The molecule has 0 aliphatic rings. The van der Waals surface area contributed by atoms with Crippen molar-refractivity contribution in [2.75, 3.05) is 26.2 Å². The Hall–Kier alpha value is -0.940. The van der Waals surface area contributed by atoms with Crippen molar-refractivity contribution in [2.24, 2.45) is 0 Å². The lowest BCUT2D eigenvalue weighted by Crippen LogP contribution is -2.40. The Morgan fingerprint density at radius 3 is 2.32 bits per heavy atom. The molecule has 0 aliphatic carbocycles. The number of aryl methyl sites for hydroxylation is 1. The lowest BCUT2D eigenvalue weighted by Gasteiger charge is -2.27. The minimum absolute atomic E-state index is 0.0960. The van der Waals surface area contributed by atoms with Gasteiger partial charge in [0.1, 0.15) is 0 Å². The molecule has 126 valence electrons.